The van der Waals surface area contributed by atoms with Crippen molar-refractivity contribution in [3.05, 3.63) is 29.8 Å². The Hall–Kier alpha value is -1.54. The first-order chi connectivity index (χ1) is 11.4. The number of benzene rings is 1. The van der Waals surface area contributed by atoms with Gasteiger partial charge in [0.25, 0.3) is 0 Å². The number of hydrogen-bond donors (Lipinski definition) is 1. The van der Waals surface area contributed by atoms with Crippen molar-refractivity contribution in [1.29, 1.82) is 0 Å². The fourth-order valence-corrected chi connectivity index (χ4v) is 3.72. The lowest BCUT2D eigenvalue weighted by molar-refractivity contribution is -0.130. The van der Waals surface area contributed by atoms with Crippen LogP contribution in [0.5, 0.6) is 0 Å². The number of rotatable bonds is 8. The Labute approximate surface area is 141 Å². The number of carbonyl (C=O) groups is 1. The molecule has 0 aliphatic carbocycles. The van der Waals surface area contributed by atoms with E-state index in [9.17, 15) is 22.0 Å². The molecule has 134 valence electrons. The smallest absolute Gasteiger partial charge is 0.240 e. The van der Waals surface area contributed by atoms with Gasteiger partial charge in [0.2, 0.25) is 15.9 Å². The van der Waals surface area contributed by atoms with E-state index in [0.29, 0.717) is 25.3 Å². The van der Waals surface area contributed by atoms with E-state index < -0.39 is 21.7 Å². The number of carbonyl (C=O) groups excluding carboxylic acids is 1. The standard InChI is InChI=1S/C16H22F2N2O3S/c17-14-8-7-13(12-15(14)18)24(22,23)19-9-3-1-2-6-16(21)20-10-4-5-11-20/h7-8,12,19H,1-6,9-11H2. The number of nitrogens with zero attached hydrogens (tertiary/aromatic N) is 1. The zero-order valence-corrected chi connectivity index (χ0v) is 14.2. The molecule has 0 spiro atoms. The van der Waals surface area contributed by atoms with Crippen LogP contribution in [0.25, 0.3) is 0 Å². The number of halogens is 2. The molecular formula is C16H22F2N2O3S. The van der Waals surface area contributed by atoms with Crippen LogP contribution in [0.4, 0.5) is 8.78 Å². The van der Waals surface area contributed by atoms with Crippen molar-refractivity contribution in [3.63, 3.8) is 0 Å². The quantitative estimate of drug-likeness (QED) is 0.724. The van der Waals surface area contributed by atoms with Crippen LogP contribution in [-0.2, 0) is 14.8 Å². The summed E-state index contributed by atoms with van der Waals surface area (Å²) in [7, 11) is -3.85. The average molecular weight is 360 g/mol. The van der Waals surface area contributed by atoms with Gasteiger partial charge in [0.05, 0.1) is 4.90 Å². The molecule has 1 aromatic carbocycles. The van der Waals surface area contributed by atoms with Gasteiger partial charge in [0.1, 0.15) is 0 Å². The largest absolute Gasteiger partial charge is 0.343 e. The monoisotopic (exact) mass is 360 g/mol. The second-order valence-corrected chi connectivity index (χ2v) is 7.64. The van der Waals surface area contributed by atoms with Gasteiger partial charge in [-0.1, -0.05) is 6.42 Å². The van der Waals surface area contributed by atoms with E-state index in [0.717, 1.165) is 44.5 Å². The van der Waals surface area contributed by atoms with Gasteiger partial charge >= 0.3 is 0 Å². The molecule has 0 radical (unpaired) electrons. The molecule has 5 nitrogen and oxygen atoms in total. The summed E-state index contributed by atoms with van der Waals surface area (Å²) >= 11 is 0. The number of nitrogens with one attached hydrogen (secondary N) is 1. The van der Waals surface area contributed by atoms with Crippen molar-refractivity contribution in [2.24, 2.45) is 0 Å². The molecule has 1 saturated heterocycles. The third-order valence-electron chi connectivity index (χ3n) is 4.02. The minimum absolute atomic E-state index is 0.162. The zero-order chi connectivity index (χ0) is 17.6. The van der Waals surface area contributed by atoms with Crippen LogP contribution >= 0.6 is 0 Å². The van der Waals surface area contributed by atoms with Crippen molar-refractivity contribution < 1.29 is 22.0 Å². The normalized spacial score (nSPS) is 15.0. The highest BCUT2D eigenvalue weighted by Gasteiger charge is 2.17. The molecule has 1 aromatic rings. The first kappa shape index (κ1) is 18.8. The molecule has 1 N–H and O–H groups in total. The fourth-order valence-electron chi connectivity index (χ4n) is 2.64. The predicted octanol–water partition coefficient (Wildman–Crippen LogP) is 2.43. The zero-order valence-electron chi connectivity index (χ0n) is 13.4. The lowest BCUT2D eigenvalue weighted by Crippen LogP contribution is -2.27. The van der Waals surface area contributed by atoms with E-state index >= 15 is 0 Å². The third kappa shape index (κ3) is 5.24. The molecule has 0 saturated carbocycles. The molecule has 0 atom stereocenters. The SMILES string of the molecule is O=C(CCCCCNS(=O)(=O)c1ccc(F)c(F)c1)N1CCCC1. The Balaban J connectivity index is 1.67. The van der Waals surface area contributed by atoms with E-state index in [1.807, 2.05) is 4.90 Å². The Kier molecular flexibility index (Phi) is 6.68. The van der Waals surface area contributed by atoms with Crippen molar-refractivity contribution in [2.75, 3.05) is 19.6 Å². The topological polar surface area (TPSA) is 66.5 Å². The first-order valence-corrected chi connectivity index (χ1v) is 9.61. The third-order valence-corrected chi connectivity index (χ3v) is 5.48. The maximum Gasteiger partial charge on any atom is 0.240 e. The second kappa shape index (κ2) is 8.53. The predicted molar refractivity (Wildman–Crippen MR) is 85.8 cm³/mol. The molecule has 0 aromatic heterocycles. The molecule has 24 heavy (non-hydrogen) atoms. The van der Waals surface area contributed by atoms with Crippen LogP contribution in [-0.4, -0.2) is 38.9 Å². The Morgan fingerprint density at radius 1 is 1.08 bits per heavy atom. The Morgan fingerprint density at radius 3 is 2.46 bits per heavy atom. The van der Waals surface area contributed by atoms with E-state index in [1.165, 1.54) is 0 Å². The van der Waals surface area contributed by atoms with E-state index in [2.05, 4.69) is 4.72 Å². The molecule has 1 aliphatic heterocycles. The number of amides is 1. The van der Waals surface area contributed by atoms with Crippen molar-refractivity contribution in [3.8, 4) is 0 Å². The number of unbranched alkanes of at least 4 members (excludes halogenated alkanes) is 2. The van der Waals surface area contributed by atoms with Gasteiger partial charge in [-0.25, -0.2) is 21.9 Å². The molecule has 1 fully saturated rings. The minimum Gasteiger partial charge on any atom is -0.343 e. The average Bonchev–Trinajstić information content (AvgIpc) is 3.07. The fraction of sp³-hybridized carbons (Fsp3) is 0.562. The highest BCUT2D eigenvalue weighted by atomic mass is 32.2. The van der Waals surface area contributed by atoms with Gasteiger partial charge < -0.3 is 4.90 Å². The molecule has 1 aliphatic rings. The van der Waals surface area contributed by atoms with Gasteiger partial charge in [-0.2, -0.15) is 0 Å². The van der Waals surface area contributed by atoms with Crippen molar-refractivity contribution >= 4 is 15.9 Å². The minimum atomic E-state index is -3.85. The number of sulfonamides is 1. The summed E-state index contributed by atoms with van der Waals surface area (Å²) in [6, 6.07) is 2.47. The van der Waals surface area contributed by atoms with Gasteiger partial charge in [-0.05, 0) is 43.9 Å². The lowest BCUT2D eigenvalue weighted by atomic mass is 10.2. The lowest BCUT2D eigenvalue weighted by Gasteiger charge is -2.14. The molecule has 2 rings (SSSR count). The summed E-state index contributed by atoms with van der Waals surface area (Å²) in [5.74, 6) is -2.12. The Bertz CT molecular complexity index is 674. The van der Waals surface area contributed by atoms with Crippen LogP contribution in [0.15, 0.2) is 23.1 Å². The molecule has 8 heteroatoms. The first-order valence-electron chi connectivity index (χ1n) is 8.12. The molecule has 0 unspecified atom stereocenters. The maximum absolute atomic E-state index is 13.1. The summed E-state index contributed by atoms with van der Waals surface area (Å²) in [4.78, 5) is 13.4. The van der Waals surface area contributed by atoms with Crippen LogP contribution in [0, 0.1) is 11.6 Å². The molecule has 1 amide bonds. The van der Waals surface area contributed by atoms with E-state index in [-0.39, 0.29) is 17.3 Å². The number of likely N-dealkylation sites (tertiary alicyclic amines) is 1. The number of hydrogen-bond acceptors (Lipinski definition) is 3. The van der Waals surface area contributed by atoms with Crippen LogP contribution in [0.1, 0.15) is 38.5 Å². The summed E-state index contributed by atoms with van der Waals surface area (Å²) in [6.45, 7) is 1.87. The van der Waals surface area contributed by atoms with Crippen molar-refractivity contribution in [1.82, 2.24) is 9.62 Å². The van der Waals surface area contributed by atoms with Crippen LogP contribution in [0.2, 0.25) is 0 Å². The van der Waals surface area contributed by atoms with E-state index in [4.69, 9.17) is 0 Å². The Morgan fingerprint density at radius 2 is 1.79 bits per heavy atom. The van der Waals surface area contributed by atoms with Crippen LogP contribution < -0.4 is 4.72 Å². The van der Waals surface area contributed by atoms with Crippen LogP contribution in [0.3, 0.4) is 0 Å². The highest BCUT2D eigenvalue weighted by Crippen LogP contribution is 2.14. The molecule has 1 heterocycles. The van der Waals surface area contributed by atoms with Gasteiger partial charge in [-0.15, -0.1) is 0 Å². The molecule has 0 bridgehead atoms. The summed E-state index contributed by atoms with van der Waals surface area (Å²) in [6.07, 6.45) is 4.63. The van der Waals surface area contributed by atoms with Gasteiger partial charge in [0.15, 0.2) is 11.6 Å². The van der Waals surface area contributed by atoms with Gasteiger partial charge in [-0.3, -0.25) is 4.79 Å². The highest BCUT2D eigenvalue weighted by molar-refractivity contribution is 7.89. The summed E-state index contributed by atoms with van der Waals surface area (Å²) in [5, 5.41) is 0. The second-order valence-electron chi connectivity index (χ2n) is 5.87. The van der Waals surface area contributed by atoms with Gasteiger partial charge in [0, 0.05) is 26.1 Å². The maximum atomic E-state index is 13.1. The van der Waals surface area contributed by atoms with E-state index in [1.54, 1.807) is 0 Å². The van der Waals surface area contributed by atoms with Crippen molar-refractivity contribution in [2.45, 2.75) is 43.4 Å². The molecular weight excluding hydrogens is 338 g/mol. The summed E-state index contributed by atoms with van der Waals surface area (Å²) in [5.41, 5.74) is 0. The summed E-state index contributed by atoms with van der Waals surface area (Å²) < 4.78 is 52.2.